The van der Waals surface area contributed by atoms with Crippen molar-refractivity contribution in [3.8, 4) is 22.4 Å². The highest BCUT2D eigenvalue weighted by Crippen LogP contribution is 2.26. The Morgan fingerprint density at radius 2 is 1.67 bits per heavy atom. The molecular weight excluding hydrogens is 271 g/mol. The number of H-pyrrole nitrogens is 1. The molecule has 3 N–H and O–H groups in total. The van der Waals surface area contributed by atoms with Gasteiger partial charge in [-0.3, -0.25) is 4.79 Å². The fraction of sp³-hybridized carbons (Fsp3) is 0. The number of aromatic amines is 1. The summed E-state index contributed by atoms with van der Waals surface area (Å²) in [5.74, 6) is -0.966. The summed E-state index contributed by atoms with van der Waals surface area (Å²) in [5, 5.41) is 10.1. The molecule has 6 heteroatoms. The Balaban J connectivity index is 2.08. The van der Waals surface area contributed by atoms with E-state index in [4.69, 9.17) is 5.73 Å². The molecule has 0 radical (unpaired) electrons. The van der Waals surface area contributed by atoms with E-state index >= 15 is 0 Å². The van der Waals surface area contributed by atoms with Gasteiger partial charge in [0.15, 0.2) is 5.69 Å². The number of nitrogens with zero attached hydrogens (tertiary/aromatic N) is 2. The van der Waals surface area contributed by atoms with Gasteiger partial charge in [0.2, 0.25) is 0 Å². The lowest BCUT2D eigenvalue weighted by Gasteiger charge is -2.04. The third-order valence-corrected chi connectivity index (χ3v) is 3.08. The fourth-order valence-corrected chi connectivity index (χ4v) is 2.12. The van der Waals surface area contributed by atoms with Crippen LogP contribution in [0.15, 0.2) is 48.5 Å². The highest BCUT2D eigenvalue weighted by molar-refractivity contribution is 5.96. The number of carbonyl (C=O) groups is 1. The molecule has 0 saturated heterocycles. The molecule has 0 unspecified atom stereocenters. The van der Waals surface area contributed by atoms with Crippen LogP contribution in [0.2, 0.25) is 0 Å². The zero-order chi connectivity index (χ0) is 14.8. The second kappa shape index (κ2) is 5.16. The van der Waals surface area contributed by atoms with Crippen LogP contribution in [-0.4, -0.2) is 21.3 Å². The van der Waals surface area contributed by atoms with Crippen LogP contribution in [0.5, 0.6) is 0 Å². The van der Waals surface area contributed by atoms with Crippen molar-refractivity contribution >= 4 is 5.91 Å². The van der Waals surface area contributed by atoms with Gasteiger partial charge in [0.25, 0.3) is 5.91 Å². The van der Waals surface area contributed by atoms with Gasteiger partial charge in [-0.1, -0.05) is 30.3 Å². The molecule has 104 valence electrons. The summed E-state index contributed by atoms with van der Waals surface area (Å²) in [6, 6.07) is 13.5. The van der Waals surface area contributed by atoms with Gasteiger partial charge in [-0.2, -0.15) is 15.4 Å². The molecule has 3 aromatic rings. The van der Waals surface area contributed by atoms with Gasteiger partial charge in [-0.25, -0.2) is 4.39 Å². The molecule has 0 spiro atoms. The van der Waals surface area contributed by atoms with Crippen molar-refractivity contribution in [2.45, 2.75) is 0 Å². The number of nitrogens with two attached hydrogens (primary N) is 1. The molecule has 0 bridgehead atoms. The smallest absolute Gasteiger partial charge is 0.271 e. The van der Waals surface area contributed by atoms with E-state index < -0.39 is 5.91 Å². The SMILES string of the molecule is NC(=O)c1n[nH]nc1-c1cccc(-c2cccc(F)c2)c1. The summed E-state index contributed by atoms with van der Waals surface area (Å²) in [4.78, 5) is 11.3. The number of primary amides is 1. The predicted octanol–water partition coefficient (Wildman–Crippen LogP) is 2.38. The van der Waals surface area contributed by atoms with Crippen LogP contribution in [0, 0.1) is 5.82 Å². The molecule has 0 atom stereocenters. The lowest BCUT2D eigenvalue weighted by atomic mass is 10.0. The summed E-state index contributed by atoms with van der Waals surface area (Å²) in [6.07, 6.45) is 0. The largest absolute Gasteiger partial charge is 0.364 e. The number of halogens is 1. The Morgan fingerprint density at radius 3 is 2.38 bits per heavy atom. The Morgan fingerprint density at radius 1 is 1.00 bits per heavy atom. The number of amides is 1. The Bertz CT molecular complexity index is 813. The standard InChI is InChI=1S/C15H11FN4O/c16-12-6-2-4-10(8-12)9-3-1-5-11(7-9)13-14(15(17)21)19-20-18-13/h1-8H,(H2,17,21)(H,18,19,20). The molecule has 1 aromatic heterocycles. The van der Waals surface area contributed by atoms with Crippen molar-refractivity contribution in [3.05, 3.63) is 60.0 Å². The van der Waals surface area contributed by atoms with Crippen LogP contribution in [0.1, 0.15) is 10.5 Å². The average Bonchev–Trinajstić information content (AvgIpc) is 2.97. The zero-order valence-electron chi connectivity index (χ0n) is 10.9. The van der Waals surface area contributed by atoms with Crippen LogP contribution in [-0.2, 0) is 0 Å². The van der Waals surface area contributed by atoms with Gasteiger partial charge < -0.3 is 5.73 Å². The number of hydrogen-bond donors (Lipinski definition) is 2. The minimum atomic E-state index is -0.657. The minimum absolute atomic E-state index is 0.0754. The molecular formula is C15H11FN4O. The van der Waals surface area contributed by atoms with E-state index in [0.717, 1.165) is 11.1 Å². The molecule has 2 aromatic carbocycles. The summed E-state index contributed by atoms with van der Waals surface area (Å²) in [7, 11) is 0. The van der Waals surface area contributed by atoms with E-state index in [1.807, 2.05) is 6.07 Å². The first-order valence-corrected chi connectivity index (χ1v) is 6.22. The second-order valence-electron chi connectivity index (χ2n) is 4.48. The number of benzene rings is 2. The Labute approximate surface area is 119 Å². The van der Waals surface area contributed by atoms with E-state index in [0.29, 0.717) is 11.3 Å². The maximum atomic E-state index is 13.3. The first-order valence-electron chi connectivity index (χ1n) is 6.22. The highest BCUT2D eigenvalue weighted by atomic mass is 19.1. The fourth-order valence-electron chi connectivity index (χ4n) is 2.12. The zero-order valence-corrected chi connectivity index (χ0v) is 10.9. The first kappa shape index (κ1) is 13.0. The van der Waals surface area contributed by atoms with E-state index in [2.05, 4.69) is 15.4 Å². The van der Waals surface area contributed by atoms with Gasteiger partial charge >= 0.3 is 0 Å². The summed E-state index contributed by atoms with van der Waals surface area (Å²) in [5.41, 5.74) is 7.93. The van der Waals surface area contributed by atoms with Crippen molar-refractivity contribution in [2.75, 3.05) is 0 Å². The molecule has 0 saturated carbocycles. The van der Waals surface area contributed by atoms with Gasteiger partial charge in [0.1, 0.15) is 11.5 Å². The quantitative estimate of drug-likeness (QED) is 0.773. The van der Waals surface area contributed by atoms with Crippen LogP contribution in [0.3, 0.4) is 0 Å². The second-order valence-corrected chi connectivity index (χ2v) is 4.48. The monoisotopic (exact) mass is 282 g/mol. The first-order chi connectivity index (χ1) is 10.1. The van der Waals surface area contributed by atoms with Crippen LogP contribution in [0.4, 0.5) is 4.39 Å². The number of carbonyl (C=O) groups excluding carboxylic acids is 1. The maximum Gasteiger partial charge on any atom is 0.271 e. The molecule has 1 amide bonds. The average molecular weight is 282 g/mol. The van der Waals surface area contributed by atoms with E-state index in [9.17, 15) is 9.18 Å². The Kier molecular flexibility index (Phi) is 3.19. The number of rotatable bonds is 3. The van der Waals surface area contributed by atoms with Crippen LogP contribution >= 0.6 is 0 Å². The molecule has 0 aliphatic rings. The van der Waals surface area contributed by atoms with Crippen molar-refractivity contribution in [3.63, 3.8) is 0 Å². The number of nitrogens with one attached hydrogen (secondary N) is 1. The van der Waals surface area contributed by atoms with Crippen molar-refractivity contribution in [1.29, 1.82) is 0 Å². The summed E-state index contributed by atoms with van der Waals surface area (Å²) < 4.78 is 13.3. The van der Waals surface area contributed by atoms with E-state index in [-0.39, 0.29) is 11.5 Å². The molecule has 1 heterocycles. The molecule has 3 rings (SSSR count). The molecule has 5 nitrogen and oxygen atoms in total. The lowest BCUT2D eigenvalue weighted by molar-refractivity contribution is 0.0996. The highest BCUT2D eigenvalue weighted by Gasteiger charge is 2.15. The third kappa shape index (κ3) is 2.51. The lowest BCUT2D eigenvalue weighted by Crippen LogP contribution is -2.12. The van der Waals surface area contributed by atoms with Crippen molar-refractivity contribution < 1.29 is 9.18 Å². The van der Waals surface area contributed by atoms with Crippen molar-refractivity contribution in [1.82, 2.24) is 15.4 Å². The number of aromatic nitrogens is 3. The normalized spacial score (nSPS) is 10.5. The van der Waals surface area contributed by atoms with Crippen molar-refractivity contribution in [2.24, 2.45) is 5.73 Å². The number of hydrogen-bond acceptors (Lipinski definition) is 3. The van der Waals surface area contributed by atoms with E-state index in [1.54, 1.807) is 30.3 Å². The summed E-state index contributed by atoms with van der Waals surface area (Å²) in [6.45, 7) is 0. The Hall–Kier alpha value is -3.02. The minimum Gasteiger partial charge on any atom is -0.364 e. The van der Waals surface area contributed by atoms with Gasteiger partial charge in [0, 0.05) is 5.56 Å². The van der Waals surface area contributed by atoms with Crippen LogP contribution in [0.25, 0.3) is 22.4 Å². The van der Waals surface area contributed by atoms with E-state index in [1.165, 1.54) is 12.1 Å². The molecule has 0 fully saturated rings. The molecule has 0 aliphatic heterocycles. The maximum absolute atomic E-state index is 13.3. The predicted molar refractivity (Wildman–Crippen MR) is 75.7 cm³/mol. The van der Waals surface area contributed by atoms with Gasteiger partial charge in [-0.05, 0) is 29.3 Å². The van der Waals surface area contributed by atoms with Crippen LogP contribution < -0.4 is 5.73 Å². The summed E-state index contributed by atoms with van der Waals surface area (Å²) >= 11 is 0. The molecule has 21 heavy (non-hydrogen) atoms. The topological polar surface area (TPSA) is 84.7 Å². The third-order valence-electron chi connectivity index (χ3n) is 3.08. The van der Waals surface area contributed by atoms with Gasteiger partial charge in [0.05, 0.1) is 0 Å². The van der Waals surface area contributed by atoms with Gasteiger partial charge in [-0.15, -0.1) is 0 Å². The molecule has 0 aliphatic carbocycles.